The molecule has 122 valence electrons. The lowest BCUT2D eigenvalue weighted by Gasteiger charge is -2.18. The zero-order chi connectivity index (χ0) is 16.7. The minimum atomic E-state index is -1.06. The Balaban J connectivity index is 2.62. The first kappa shape index (κ1) is 17.6. The van der Waals surface area contributed by atoms with Crippen molar-refractivity contribution < 1.29 is 24.2 Å². The van der Waals surface area contributed by atoms with Gasteiger partial charge in [-0.1, -0.05) is 19.9 Å². The molecule has 2 amide bonds. The van der Waals surface area contributed by atoms with Crippen molar-refractivity contribution in [3.8, 4) is 11.5 Å². The van der Waals surface area contributed by atoms with Crippen molar-refractivity contribution in [3.63, 3.8) is 0 Å². The molecule has 7 nitrogen and oxygen atoms in total. The highest BCUT2D eigenvalue weighted by Crippen LogP contribution is 2.27. The molecule has 1 atom stereocenters. The number of hydrogen-bond acceptors (Lipinski definition) is 4. The summed E-state index contributed by atoms with van der Waals surface area (Å²) in [4.78, 5) is 22.8. The van der Waals surface area contributed by atoms with Gasteiger partial charge in [-0.3, -0.25) is 0 Å². The van der Waals surface area contributed by atoms with E-state index in [-0.39, 0.29) is 12.5 Å². The van der Waals surface area contributed by atoms with Crippen LogP contribution >= 0.6 is 0 Å². The first-order valence-corrected chi connectivity index (χ1v) is 6.87. The van der Waals surface area contributed by atoms with Gasteiger partial charge in [0.25, 0.3) is 0 Å². The molecule has 0 saturated carbocycles. The van der Waals surface area contributed by atoms with Gasteiger partial charge in [-0.15, -0.1) is 0 Å². The van der Waals surface area contributed by atoms with E-state index in [9.17, 15) is 9.59 Å². The zero-order valence-electron chi connectivity index (χ0n) is 13.2. The number of nitrogens with one attached hydrogen (secondary N) is 2. The van der Waals surface area contributed by atoms with Crippen LogP contribution in [0, 0.1) is 5.92 Å². The molecule has 7 heteroatoms. The van der Waals surface area contributed by atoms with Gasteiger partial charge >= 0.3 is 12.0 Å². The molecule has 1 aromatic rings. The van der Waals surface area contributed by atoms with Crippen molar-refractivity contribution in [2.45, 2.75) is 26.4 Å². The fourth-order valence-electron chi connectivity index (χ4n) is 1.88. The summed E-state index contributed by atoms with van der Waals surface area (Å²) in [5.74, 6) is -0.102. The summed E-state index contributed by atoms with van der Waals surface area (Å²) in [5.41, 5.74) is 0.809. The number of hydrogen-bond donors (Lipinski definition) is 3. The van der Waals surface area contributed by atoms with E-state index in [1.54, 1.807) is 39.2 Å². The van der Waals surface area contributed by atoms with Crippen molar-refractivity contribution >= 4 is 12.0 Å². The zero-order valence-corrected chi connectivity index (χ0v) is 13.2. The number of methoxy groups -OCH3 is 2. The standard InChI is InChI=1S/C15H22N2O5/c1-9(2)13(14(18)19)17-15(20)16-8-10-5-6-11(21-3)12(7-10)22-4/h5-7,9,13H,8H2,1-4H3,(H,18,19)(H2,16,17,20)/t13-/m0/s1. The minimum Gasteiger partial charge on any atom is -0.493 e. The molecule has 0 radical (unpaired) electrons. The molecule has 1 aromatic carbocycles. The average molecular weight is 310 g/mol. The van der Waals surface area contributed by atoms with Crippen LogP contribution in [0.25, 0.3) is 0 Å². The van der Waals surface area contributed by atoms with E-state index in [0.717, 1.165) is 5.56 Å². The minimum absolute atomic E-state index is 0.204. The Bertz CT molecular complexity index is 531. The van der Waals surface area contributed by atoms with Gasteiger partial charge in [-0.25, -0.2) is 9.59 Å². The quantitative estimate of drug-likeness (QED) is 0.711. The molecular formula is C15H22N2O5. The van der Waals surface area contributed by atoms with E-state index in [1.165, 1.54) is 7.11 Å². The lowest BCUT2D eigenvalue weighted by atomic mass is 10.1. The third-order valence-electron chi connectivity index (χ3n) is 3.12. The Morgan fingerprint density at radius 1 is 1.18 bits per heavy atom. The number of carboxylic acid groups (broad SMARTS) is 1. The van der Waals surface area contributed by atoms with Gasteiger partial charge in [-0.2, -0.15) is 0 Å². The predicted molar refractivity (Wildman–Crippen MR) is 81.2 cm³/mol. The lowest BCUT2D eigenvalue weighted by molar-refractivity contribution is -0.140. The first-order chi connectivity index (χ1) is 10.4. The van der Waals surface area contributed by atoms with E-state index < -0.39 is 18.0 Å². The van der Waals surface area contributed by atoms with Crippen LogP contribution in [0.2, 0.25) is 0 Å². The number of carboxylic acids is 1. The van der Waals surface area contributed by atoms with Crippen LogP contribution in [0.1, 0.15) is 19.4 Å². The molecule has 0 aliphatic rings. The van der Waals surface area contributed by atoms with Gasteiger partial charge < -0.3 is 25.2 Å². The van der Waals surface area contributed by atoms with Crippen LogP contribution in [0.3, 0.4) is 0 Å². The Kier molecular flexibility index (Phi) is 6.49. The lowest BCUT2D eigenvalue weighted by Crippen LogP contribution is -2.48. The highest BCUT2D eigenvalue weighted by Gasteiger charge is 2.23. The number of carbonyl (C=O) groups excluding carboxylic acids is 1. The second kappa shape index (κ2) is 8.11. The summed E-state index contributed by atoms with van der Waals surface area (Å²) in [6.07, 6.45) is 0. The predicted octanol–water partition coefficient (Wildman–Crippen LogP) is 1.61. The molecule has 0 aromatic heterocycles. The van der Waals surface area contributed by atoms with E-state index >= 15 is 0 Å². The fourth-order valence-corrected chi connectivity index (χ4v) is 1.88. The van der Waals surface area contributed by atoms with E-state index in [1.807, 2.05) is 0 Å². The average Bonchev–Trinajstić information content (AvgIpc) is 2.49. The normalized spacial score (nSPS) is 11.7. The van der Waals surface area contributed by atoms with Crippen molar-refractivity contribution in [3.05, 3.63) is 23.8 Å². The number of rotatable bonds is 7. The van der Waals surface area contributed by atoms with E-state index in [2.05, 4.69) is 10.6 Å². The number of ether oxygens (including phenoxy) is 2. The molecule has 0 spiro atoms. The molecule has 0 aliphatic carbocycles. The SMILES string of the molecule is COc1ccc(CNC(=O)N[C@H](C(=O)O)C(C)C)cc1OC. The van der Waals surface area contributed by atoms with Crippen LogP contribution in [0.5, 0.6) is 11.5 Å². The number of benzene rings is 1. The topological polar surface area (TPSA) is 96.9 Å². The molecular weight excluding hydrogens is 288 g/mol. The highest BCUT2D eigenvalue weighted by atomic mass is 16.5. The van der Waals surface area contributed by atoms with Gasteiger partial charge in [0.05, 0.1) is 14.2 Å². The molecule has 1 rings (SSSR count). The number of urea groups is 1. The maximum absolute atomic E-state index is 11.8. The van der Waals surface area contributed by atoms with E-state index in [4.69, 9.17) is 14.6 Å². The van der Waals surface area contributed by atoms with Crippen LogP contribution in [0.4, 0.5) is 4.79 Å². The van der Waals surface area contributed by atoms with E-state index in [0.29, 0.717) is 11.5 Å². The Labute approximate surface area is 129 Å². The smallest absolute Gasteiger partial charge is 0.326 e. The first-order valence-electron chi connectivity index (χ1n) is 6.87. The van der Waals surface area contributed by atoms with Crippen molar-refractivity contribution in [1.82, 2.24) is 10.6 Å². The van der Waals surface area contributed by atoms with Crippen LogP contribution < -0.4 is 20.1 Å². The largest absolute Gasteiger partial charge is 0.493 e. The summed E-state index contributed by atoms with van der Waals surface area (Å²) < 4.78 is 10.3. The van der Waals surface area contributed by atoms with Crippen molar-refractivity contribution in [2.75, 3.05) is 14.2 Å². The molecule has 22 heavy (non-hydrogen) atoms. The summed E-state index contributed by atoms with van der Waals surface area (Å²) in [7, 11) is 3.07. The third kappa shape index (κ3) is 4.83. The number of carbonyl (C=O) groups is 2. The second-order valence-corrected chi connectivity index (χ2v) is 5.08. The maximum Gasteiger partial charge on any atom is 0.326 e. The Hall–Kier alpha value is -2.44. The van der Waals surface area contributed by atoms with Gasteiger partial charge in [0, 0.05) is 6.54 Å². The molecule has 0 bridgehead atoms. The summed E-state index contributed by atoms with van der Waals surface area (Å²) in [5, 5.41) is 14.1. The molecule has 0 saturated heterocycles. The molecule has 0 fully saturated rings. The Morgan fingerprint density at radius 3 is 2.32 bits per heavy atom. The van der Waals surface area contributed by atoms with Gasteiger partial charge in [-0.05, 0) is 23.6 Å². The summed E-state index contributed by atoms with van der Waals surface area (Å²) >= 11 is 0. The highest BCUT2D eigenvalue weighted by molar-refractivity contribution is 5.82. The van der Waals surface area contributed by atoms with Crippen molar-refractivity contribution in [2.24, 2.45) is 5.92 Å². The van der Waals surface area contributed by atoms with Crippen LogP contribution in [-0.2, 0) is 11.3 Å². The fraction of sp³-hybridized carbons (Fsp3) is 0.467. The monoisotopic (exact) mass is 310 g/mol. The van der Waals surface area contributed by atoms with Gasteiger partial charge in [0.15, 0.2) is 11.5 Å². The van der Waals surface area contributed by atoms with Gasteiger partial charge in [0.2, 0.25) is 0 Å². The van der Waals surface area contributed by atoms with Crippen LogP contribution in [0.15, 0.2) is 18.2 Å². The van der Waals surface area contributed by atoms with Crippen molar-refractivity contribution in [1.29, 1.82) is 0 Å². The maximum atomic E-state index is 11.8. The molecule has 3 N–H and O–H groups in total. The summed E-state index contributed by atoms with van der Waals surface area (Å²) in [6, 6.07) is 3.82. The number of aliphatic carboxylic acids is 1. The van der Waals surface area contributed by atoms with Gasteiger partial charge in [0.1, 0.15) is 6.04 Å². The summed E-state index contributed by atoms with van der Waals surface area (Å²) in [6.45, 7) is 3.71. The molecule has 0 aliphatic heterocycles. The molecule has 0 unspecified atom stereocenters. The molecule has 0 heterocycles. The Morgan fingerprint density at radius 2 is 1.82 bits per heavy atom. The second-order valence-electron chi connectivity index (χ2n) is 5.08. The van der Waals surface area contributed by atoms with Crippen LogP contribution in [-0.4, -0.2) is 37.4 Å². The third-order valence-corrected chi connectivity index (χ3v) is 3.12. The number of amides is 2.